The van der Waals surface area contributed by atoms with E-state index in [0.29, 0.717) is 17.8 Å². The molecule has 0 spiro atoms. The molecule has 0 aromatic heterocycles. The fraction of sp³-hybridized carbons (Fsp3) is 0.917. The molecular weight excluding hydrogens is 188 g/mol. The normalized spacial score (nSPS) is 17.9. The summed E-state index contributed by atoms with van der Waals surface area (Å²) in [6.07, 6.45) is 4.16. The summed E-state index contributed by atoms with van der Waals surface area (Å²) in [5.74, 6) is 0.828. The highest BCUT2D eigenvalue weighted by Gasteiger charge is 2.41. The summed E-state index contributed by atoms with van der Waals surface area (Å²) in [5, 5.41) is 6.24. The number of carbonyl (C=O) groups is 1. The number of rotatable bonds is 7. The first-order valence-electron chi connectivity index (χ1n) is 5.99. The third-order valence-corrected chi connectivity index (χ3v) is 3.12. The Morgan fingerprint density at radius 2 is 2.00 bits per heavy atom. The van der Waals surface area contributed by atoms with Crippen molar-refractivity contribution < 1.29 is 4.79 Å². The Bertz CT molecular complexity index is 210. The van der Waals surface area contributed by atoms with Gasteiger partial charge in [-0.15, -0.1) is 0 Å². The highest BCUT2D eigenvalue weighted by Crippen LogP contribution is 2.44. The summed E-state index contributed by atoms with van der Waals surface area (Å²) in [6, 6.07) is 0. The Hall–Kier alpha value is -0.570. The van der Waals surface area contributed by atoms with Gasteiger partial charge in [-0.05, 0) is 32.2 Å². The lowest BCUT2D eigenvalue weighted by atomic mass is 10.1. The van der Waals surface area contributed by atoms with Crippen molar-refractivity contribution in [2.24, 2.45) is 11.3 Å². The molecule has 1 rings (SSSR count). The predicted molar refractivity (Wildman–Crippen MR) is 62.7 cm³/mol. The highest BCUT2D eigenvalue weighted by molar-refractivity contribution is 5.75. The van der Waals surface area contributed by atoms with Crippen molar-refractivity contribution in [2.75, 3.05) is 20.1 Å². The van der Waals surface area contributed by atoms with Gasteiger partial charge in [0.05, 0.1) is 0 Å². The van der Waals surface area contributed by atoms with E-state index in [0.717, 1.165) is 19.5 Å². The molecule has 1 saturated carbocycles. The van der Waals surface area contributed by atoms with Crippen LogP contribution in [0.3, 0.4) is 0 Å². The van der Waals surface area contributed by atoms with Gasteiger partial charge in [-0.3, -0.25) is 4.79 Å². The van der Waals surface area contributed by atoms with Gasteiger partial charge in [0.1, 0.15) is 0 Å². The first-order chi connectivity index (χ1) is 7.08. The molecule has 1 amide bonds. The standard InChI is InChI=1S/C12H24N2O/c1-10(2)4-5-11(15)14-9-12(6-7-12)8-13-3/h10,13H,4-9H2,1-3H3,(H,14,15). The van der Waals surface area contributed by atoms with Crippen LogP contribution >= 0.6 is 0 Å². The Morgan fingerprint density at radius 1 is 1.33 bits per heavy atom. The fourth-order valence-corrected chi connectivity index (χ4v) is 1.76. The van der Waals surface area contributed by atoms with Gasteiger partial charge < -0.3 is 10.6 Å². The summed E-state index contributed by atoms with van der Waals surface area (Å²) in [5.41, 5.74) is 0.377. The van der Waals surface area contributed by atoms with Crippen LogP contribution < -0.4 is 10.6 Å². The van der Waals surface area contributed by atoms with E-state index in [4.69, 9.17) is 0 Å². The Morgan fingerprint density at radius 3 is 2.47 bits per heavy atom. The van der Waals surface area contributed by atoms with Gasteiger partial charge in [0.15, 0.2) is 0 Å². The molecule has 0 unspecified atom stereocenters. The molecule has 0 radical (unpaired) electrons. The van der Waals surface area contributed by atoms with Crippen LogP contribution in [0.5, 0.6) is 0 Å². The second-order valence-electron chi connectivity index (χ2n) is 5.24. The topological polar surface area (TPSA) is 41.1 Å². The van der Waals surface area contributed by atoms with Gasteiger partial charge in [-0.2, -0.15) is 0 Å². The summed E-state index contributed by atoms with van der Waals surface area (Å²) in [6.45, 7) is 6.18. The highest BCUT2D eigenvalue weighted by atomic mass is 16.1. The van der Waals surface area contributed by atoms with Crippen molar-refractivity contribution in [1.29, 1.82) is 0 Å². The van der Waals surface area contributed by atoms with Crippen LogP contribution in [0.1, 0.15) is 39.5 Å². The number of amides is 1. The van der Waals surface area contributed by atoms with Crippen LogP contribution in [0.25, 0.3) is 0 Å². The van der Waals surface area contributed by atoms with E-state index in [1.165, 1.54) is 12.8 Å². The Kier molecular flexibility index (Phi) is 4.58. The minimum atomic E-state index is 0.214. The fourth-order valence-electron chi connectivity index (χ4n) is 1.76. The van der Waals surface area contributed by atoms with Gasteiger partial charge in [-0.25, -0.2) is 0 Å². The SMILES string of the molecule is CNCC1(CNC(=O)CCC(C)C)CC1. The van der Waals surface area contributed by atoms with Crippen molar-refractivity contribution in [3.05, 3.63) is 0 Å². The van der Waals surface area contributed by atoms with E-state index >= 15 is 0 Å². The van der Waals surface area contributed by atoms with E-state index in [1.54, 1.807) is 0 Å². The average Bonchev–Trinajstić information content (AvgIpc) is 2.93. The molecule has 0 aromatic carbocycles. The molecule has 0 aliphatic heterocycles. The van der Waals surface area contributed by atoms with Gasteiger partial charge in [0.2, 0.25) is 5.91 Å². The molecule has 3 heteroatoms. The summed E-state index contributed by atoms with van der Waals surface area (Å²) < 4.78 is 0. The van der Waals surface area contributed by atoms with Crippen LogP contribution in [0.15, 0.2) is 0 Å². The smallest absolute Gasteiger partial charge is 0.220 e. The number of hydrogen-bond donors (Lipinski definition) is 2. The van der Waals surface area contributed by atoms with Gasteiger partial charge in [0.25, 0.3) is 0 Å². The Labute approximate surface area is 93.0 Å². The molecule has 3 nitrogen and oxygen atoms in total. The summed E-state index contributed by atoms with van der Waals surface area (Å²) in [4.78, 5) is 11.5. The Balaban J connectivity index is 2.11. The second-order valence-corrected chi connectivity index (χ2v) is 5.24. The van der Waals surface area contributed by atoms with E-state index < -0.39 is 0 Å². The predicted octanol–water partition coefficient (Wildman–Crippen LogP) is 1.54. The maximum atomic E-state index is 11.5. The summed E-state index contributed by atoms with van der Waals surface area (Å²) >= 11 is 0. The van der Waals surface area contributed by atoms with E-state index in [1.807, 2.05) is 7.05 Å². The number of carbonyl (C=O) groups excluding carboxylic acids is 1. The molecule has 0 bridgehead atoms. The molecule has 0 aromatic rings. The molecule has 1 aliphatic rings. The number of hydrogen-bond acceptors (Lipinski definition) is 2. The zero-order valence-corrected chi connectivity index (χ0v) is 10.2. The zero-order valence-electron chi connectivity index (χ0n) is 10.2. The van der Waals surface area contributed by atoms with Crippen LogP contribution in [0.4, 0.5) is 0 Å². The van der Waals surface area contributed by atoms with Gasteiger partial charge in [-0.1, -0.05) is 13.8 Å². The third kappa shape index (κ3) is 4.65. The lowest BCUT2D eigenvalue weighted by Crippen LogP contribution is -2.34. The zero-order chi connectivity index (χ0) is 11.3. The van der Waals surface area contributed by atoms with Crippen molar-refractivity contribution >= 4 is 5.91 Å². The third-order valence-electron chi connectivity index (χ3n) is 3.12. The number of nitrogens with one attached hydrogen (secondary N) is 2. The maximum absolute atomic E-state index is 11.5. The monoisotopic (exact) mass is 212 g/mol. The van der Waals surface area contributed by atoms with Crippen molar-refractivity contribution in [1.82, 2.24) is 10.6 Å². The lowest BCUT2D eigenvalue weighted by Gasteiger charge is -2.15. The minimum Gasteiger partial charge on any atom is -0.355 e. The van der Waals surface area contributed by atoms with E-state index in [-0.39, 0.29) is 5.91 Å². The van der Waals surface area contributed by atoms with Crippen LogP contribution in [-0.2, 0) is 4.79 Å². The molecular formula is C12H24N2O. The summed E-state index contributed by atoms with van der Waals surface area (Å²) in [7, 11) is 1.97. The lowest BCUT2D eigenvalue weighted by molar-refractivity contribution is -0.121. The molecule has 0 atom stereocenters. The van der Waals surface area contributed by atoms with Gasteiger partial charge in [0, 0.05) is 24.9 Å². The second kappa shape index (κ2) is 5.50. The van der Waals surface area contributed by atoms with Gasteiger partial charge >= 0.3 is 0 Å². The molecule has 1 aliphatic carbocycles. The largest absolute Gasteiger partial charge is 0.355 e. The van der Waals surface area contributed by atoms with Crippen LogP contribution in [0, 0.1) is 11.3 Å². The quantitative estimate of drug-likeness (QED) is 0.672. The van der Waals surface area contributed by atoms with Crippen LogP contribution in [0.2, 0.25) is 0 Å². The first-order valence-corrected chi connectivity index (χ1v) is 5.99. The maximum Gasteiger partial charge on any atom is 0.220 e. The van der Waals surface area contributed by atoms with E-state index in [2.05, 4.69) is 24.5 Å². The van der Waals surface area contributed by atoms with Crippen molar-refractivity contribution in [3.8, 4) is 0 Å². The molecule has 88 valence electrons. The average molecular weight is 212 g/mol. The minimum absolute atomic E-state index is 0.214. The molecule has 15 heavy (non-hydrogen) atoms. The van der Waals surface area contributed by atoms with Crippen molar-refractivity contribution in [2.45, 2.75) is 39.5 Å². The molecule has 2 N–H and O–H groups in total. The van der Waals surface area contributed by atoms with E-state index in [9.17, 15) is 4.79 Å². The van der Waals surface area contributed by atoms with Crippen LogP contribution in [-0.4, -0.2) is 26.0 Å². The first kappa shape index (κ1) is 12.5. The van der Waals surface area contributed by atoms with Crippen molar-refractivity contribution in [3.63, 3.8) is 0 Å². The molecule has 0 saturated heterocycles. The molecule has 0 heterocycles. The molecule has 1 fully saturated rings.